The Balaban J connectivity index is 1.72. The van der Waals surface area contributed by atoms with Crippen LogP contribution in [0.4, 0.5) is 5.69 Å². The second-order valence-corrected chi connectivity index (χ2v) is 7.74. The van der Waals surface area contributed by atoms with E-state index in [0.717, 1.165) is 30.0 Å². The number of rotatable bonds is 6. The van der Waals surface area contributed by atoms with E-state index in [4.69, 9.17) is 16.2 Å². The van der Waals surface area contributed by atoms with Gasteiger partial charge < -0.3 is 21.1 Å². The first-order chi connectivity index (χ1) is 13.9. The summed E-state index contributed by atoms with van der Waals surface area (Å²) in [6, 6.07) is 5.68. The van der Waals surface area contributed by atoms with Gasteiger partial charge in [-0.1, -0.05) is 6.07 Å². The number of hydrogen-bond acceptors (Lipinski definition) is 8. The van der Waals surface area contributed by atoms with Gasteiger partial charge in [-0.15, -0.1) is 11.3 Å². The average molecular weight is 412 g/mol. The molecule has 3 aromatic heterocycles. The van der Waals surface area contributed by atoms with Crippen LogP contribution in [0.2, 0.25) is 0 Å². The van der Waals surface area contributed by atoms with Crippen molar-refractivity contribution in [1.82, 2.24) is 19.9 Å². The molecule has 2 amide bonds. The Kier molecular flexibility index (Phi) is 5.01. The Bertz CT molecular complexity index is 1110. The quantitative estimate of drug-likeness (QED) is 0.629. The Morgan fingerprint density at radius 3 is 2.83 bits per heavy atom. The SMILES string of the molecule is Cc1cccc(-c2nc(OCCN3CCCC3=O)nc3sc(C(N)=O)c(N)c23)n1. The van der Waals surface area contributed by atoms with Crippen LogP contribution in [-0.4, -0.2) is 51.4 Å². The van der Waals surface area contributed by atoms with Crippen LogP contribution in [0.15, 0.2) is 18.2 Å². The Morgan fingerprint density at radius 1 is 1.31 bits per heavy atom. The molecule has 0 atom stereocenters. The number of thiophene rings is 1. The lowest BCUT2D eigenvalue weighted by Gasteiger charge is -2.15. The van der Waals surface area contributed by atoms with Crippen molar-refractivity contribution in [2.24, 2.45) is 5.73 Å². The van der Waals surface area contributed by atoms with Crippen molar-refractivity contribution in [3.8, 4) is 17.4 Å². The number of carbonyl (C=O) groups excluding carboxylic acids is 2. The van der Waals surface area contributed by atoms with Crippen molar-refractivity contribution in [3.05, 3.63) is 28.8 Å². The zero-order valence-corrected chi connectivity index (χ0v) is 16.7. The lowest BCUT2D eigenvalue weighted by Crippen LogP contribution is -2.29. The molecule has 4 N–H and O–H groups in total. The lowest BCUT2D eigenvalue weighted by atomic mass is 10.1. The van der Waals surface area contributed by atoms with E-state index in [9.17, 15) is 9.59 Å². The van der Waals surface area contributed by atoms with Crippen molar-refractivity contribution >= 4 is 39.1 Å². The Morgan fingerprint density at radius 2 is 2.14 bits per heavy atom. The van der Waals surface area contributed by atoms with Crippen LogP contribution in [0.25, 0.3) is 21.6 Å². The topological polar surface area (TPSA) is 137 Å². The highest BCUT2D eigenvalue weighted by Crippen LogP contribution is 2.38. The highest BCUT2D eigenvalue weighted by atomic mass is 32.1. The summed E-state index contributed by atoms with van der Waals surface area (Å²) in [4.78, 5) is 39.4. The van der Waals surface area contributed by atoms with E-state index >= 15 is 0 Å². The molecular weight excluding hydrogens is 392 g/mol. The van der Waals surface area contributed by atoms with E-state index in [1.807, 2.05) is 25.1 Å². The number of aromatic nitrogens is 3. The number of nitrogens with zero attached hydrogens (tertiary/aromatic N) is 4. The van der Waals surface area contributed by atoms with E-state index in [-0.39, 0.29) is 29.1 Å². The molecule has 0 bridgehead atoms. The first kappa shape index (κ1) is 19.1. The van der Waals surface area contributed by atoms with E-state index < -0.39 is 5.91 Å². The van der Waals surface area contributed by atoms with Gasteiger partial charge in [-0.2, -0.15) is 9.97 Å². The van der Waals surface area contributed by atoms with Gasteiger partial charge in [-0.05, 0) is 25.5 Å². The lowest BCUT2D eigenvalue weighted by molar-refractivity contribution is -0.128. The van der Waals surface area contributed by atoms with Gasteiger partial charge in [0.2, 0.25) is 5.91 Å². The summed E-state index contributed by atoms with van der Waals surface area (Å²) >= 11 is 1.10. The molecule has 0 spiro atoms. The molecule has 3 aromatic rings. The van der Waals surface area contributed by atoms with Crippen molar-refractivity contribution in [1.29, 1.82) is 0 Å². The van der Waals surface area contributed by atoms with E-state index in [1.54, 1.807) is 4.90 Å². The summed E-state index contributed by atoms with van der Waals surface area (Å²) in [5.74, 6) is -0.490. The highest BCUT2D eigenvalue weighted by molar-refractivity contribution is 7.21. The van der Waals surface area contributed by atoms with Gasteiger partial charge in [0.05, 0.1) is 23.3 Å². The average Bonchev–Trinajstić information content (AvgIpc) is 3.24. The summed E-state index contributed by atoms with van der Waals surface area (Å²) in [5, 5.41) is 0.531. The van der Waals surface area contributed by atoms with Crippen molar-refractivity contribution in [3.63, 3.8) is 0 Å². The third-order valence-corrected chi connectivity index (χ3v) is 5.80. The number of aryl methyl sites for hydroxylation is 1. The van der Waals surface area contributed by atoms with Crippen LogP contribution in [0.1, 0.15) is 28.2 Å². The summed E-state index contributed by atoms with van der Waals surface area (Å²) in [6.45, 7) is 3.35. The molecule has 0 aliphatic carbocycles. The van der Waals surface area contributed by atoms with Gasteiger partial charge in [-0.3, -0.25) is 14.6 Å². The number of pyridine rings is 1. The largest absolute Gasteiger partial charge is 0.462 e. The van der Waals surface area contributed by atoms with Gasteiger partial charge in [0.15, 0.2) is 0 Å². The predicted molar refractivity (Wildman–Crippen MR) is 110 cm³/mol. The van der Waals surface area contributed by atoms with Crippen LogP contribution in [0.3, 0.4) is 0 Å². The minimum atomic E-state index is -0.622. The summed E-state index contributed by atoms with van der Waals surface area (Å²) in [5.41, 5.74) is 13.8. The second-order valence-electron chi connectivity index (χ2n) is 6.74. The van der Waals surface area contributed by atoms with Crippen LogP contribution in [-0.2, 0) is 4.79 Å². The maximum atomic E-state index is 11.7. The standard InChI is InChI=1S/C19H20N6O3S/c1-10-4-2-5-11(22-10)15-13-14(20)16(17(21)27)29-18(13)24-19(23-15)28-9-8-25-7-3-6-12(25)26/h2,4-5H,3,6-9,20H2,1H3,(H2,21,27). The first-order valence-electron chi connectivity index (χ1n) is 9.18. The summed E-state index contributed by atoms with van der Waals surface area (Å²) in [6.07, 6.45) is 1.45. The van der Waals surface area contributed by atoms with E-state index in [1.165, 1.54) is 0 Å². The van der Waals surface area contributed by atoms with E-state index in [2.05, 4.69) is 15.0 Å². The van der Waals surface area contributed by atoms with Crippen molar-refractivity contribution in [2.75, 3.05) is 25.4 Å². The number of hydrogen-bond donors (Lipinski definition) is 2. The number of amides is 2. The van der Waals surface area contributed by atoms with Gasteiger partial charge in [0.1, 0.15) is 22.0 Å². The first-order valence-corrected chi connectivity index (χ1v) is 10.00. The normalized spacial score (nSPS) is 14.0. The molecule has 1 aliphatic heterocycles. The number of anilines is 1. The number of likely N-dealkylation sites (tertiary alicyclic amines) is 1. The smallest absolute Gasteiger partial charge is 0.318 e. The molecule has 0 saturated carbocycles. The third kappa shape index (κ3) is 3.70. The zero-order chi connectivity index (χ0) is 20.5. The molecule has 150 valence electrons. The van der Waals surface area contributed by atoms with Gasteiger partial charge in [0.25, 0.3) is 5.91 Å². The minimum Gasteiger partial charge on any atom is -0.462 e. The molecule has 0 radical (unpaired) electrons. The summed E-state index contributed by atoms with van der Waals surface area (Å²) in [7, 11) is 0. The number of primary amides is 1. The maximum Gasteiger partial charge on any atom is 0.318 e. The third-order valence-electron chi connectivity index (χ3n) is 4.69. The number of nitrogens with two attached hydrogens (primary N) is 2. The molecule has 0 aromatic carbocycles. The molecule has 4 rings (SSSR count). The molecule has 1 saturated heterocycles. The molecule has 4 heterocycles. The number of fused-ring (bicyclic) bond motifs is 1. The molecule has 1 fully saturated rings. The minimum absolute atomic E-state index is 0.131. The van der Waals surface area contributed by atoms with E-state index in [0.29, 0.717) is 34.6 Å². The fourth-order valence-corrected chi connectivity index (χ4v) is 4.24. The van der Waals surface area contributed by atoms with Gasteiger partial charge >= 0.3 is 6.01 Å². The molecule has 0 unspecified atom stereocenters. The van der Waals surface area contributed by atoms with Crippen molar-refractivity contribution in [2.45, 2.75) is 19.8 Å². The Labute approximate surface area is 170 Å². The fraction of sp³-hybridized carbons (Fsp3) is 0.316. The molecule has 9 nitrogen and oxygen atoms in total. The molecule has 10 heteroatoms. The molecule has 29 heavy (non-hydrogen) atoms. The summed E-state index contributed by atoms with van der Waals surface area (Å²) < 4.78 is 5.73. The number of carbonyl (C=O) groups is 2. The van der Waals surface area contributed by atoms with Crippen LogP contribution in [0.5, 0.6) is 6.01 Å². The number of nitrogen functional groups attached to an aromatic ring is 1. The van der Waals surface area contributed by atoms with Crippen LogP contribution >= 0.6 is 11.3 Å². The maximum absolute atomic E-state index is 11.7. The highest BCUT2D eigenvalue weighted by Gasteiger charge is 2.23. The van der Waals surface area contributed by atoms with Crippen molar-refractivity contribution < 1.29 is 14.3 Å². The second kappa shape index (κ2) is 7.63. The van der Waals surface area contributed by atoms with Gasteiger partial charge in [0, 0.05) is 18.7 Å². The molecular formula is C19H20N6O3S. The predicted octanol–water partition coefficient (Wildman–Crippen LogP) is 1.74. The monoisotopic (exact) mass is 412 g/mol. The Hall–Kier alpha value is -3.27. The fourth-order valence-electron chi connectivity index (χ4n) is 3.30. The van der Waals surface area contributed by atoms with Gasteiger partial charge in [-0.25, -0.2) is 0 Å². The zero-order valence-electron chi connectivity index (χ0n) is 15.8. The van der Waals surface area contributed by atoms with Crippen LogP contribution in [0, 0.1) is 6.92 Å². The molecule has 1 aliphatic rings. The number of ether oxygens (including phenoxy) is 1. The van der Waals surface area contributed by atoms with Crippen LogP contribution < -0.4 is 16.2 Å².